The van der Waals surface area contributed by atoms with Gasteiger partial charge >= 0.3 is 0 Å². The first kappa shape index (κ1) is 24.0. The number of nitrogens with one attached hydrogen (secondary N) is 2. The van der Waals surface area contributed by atoms with E-state index in [1.807, 2.05) is 11.7 Å². The quantitative estimate of drug-likeness (QED) is 0.332. The van der Waals surface area contributed by atoms with Crippen LogP contribution in [0.3, 0.4) is 0 Å². The van der Waals surface area contributed by atoms with Crippen LogP contribution in [0.1, 0.15) is 56.5 Å². The lowest BCUT2D eigenvalue weighted by molar-refractivity contribution is -0.127. The number of aliphatic imine (C=N–C) groups is 1. The number of guanidine groups is 1. The first-order valence-electron chi connectivity index (χ1n) is 10.7. The number of amides is 1. The predicted molar refractivity (Wildman–Crippen MR) is 128 cm³/mol. The number of rotatable bonds is 7. The van der Waals surface area contributed by atoms with E-state index in [0.29, 0.717) is 12.6 Å². The molecule has 0 spiro atoms. The maximum atomic E-state index is 12.1. The van der Waals surface area contributed by atoms with Crippen LogP contribution in [0.25, 0.3) is 0 Å². The van der Waals surface area contributed by atoms with Crippen molar-refractivity contribution in [1.82, 2.24) is 25.3 Å². The molecule has 1 aromatic rings. The van der Waals surface area contributed by atoms with Crippen LogP contribution in [0.15, 0.2) is 4.99 Å². The van der Waals surface area contributed by atoms with Crippen LogP contribution in [0.2, 0.25) is 0 Å². The van der Waals surface area contributed by atoms with Crippen LogP contribution < -0.4 is 10.6 Å². The third kappa shape index (κ3) is 5.64. The summed E-state index contributed by atoms with van der Waals surface area (Å²) in [6.07, 6.45) is 7.09. The Kier molecular flexibility index (Phi) is 8.78. The van der Waals surface area contributed by atoms with Gasteiger partial charge in [-0.25, -0.2) is 4.99 Å². The molecular weight excluding hydrogens is 479 g/mol. The van der Waals surface area contributed by atoms with Crippen molar-refractivity contribution in [3.05, 3.63) is 17.0 Å². The Bertz CT molecular complexity index is 729. The Morgan fingerprint density at radius 2 is 2.00 bits per heavy atom. The lowest BCUT2D eigenvalue weighted by atomic mass is 9.95. The van der Waals surface area contributed by atoms with Gasteiger partial charge in [0.15, 0.2) is 5.96 Å². The number of aryl methyl sites for hydroxylation is 2. The van der Waals surface area contributed by atoms with E-state index < -0.39 is 0 Å². The molecule has 2 saturated carbocycles. The Hall–Kier alpha value is -1.32. The van der Waals surface area contributed by atoms with Crippen LogP contribution in [-0.2, 0) is 31.2 Å². The third-order valence-electron chi connectivity index (χ3n) is 6.39. The number of carbonyl (C=O) groups is 1. The summed E-state index contributed by atoms with van der Waals surface area (Å²) >= 11 is 0. The van der Waals surface area contributed by atoms with Gasteiger partial charge in [-0.1, -0.05) is 20.3 Å². The molecule has 29 heavy (non-hydrogen) atoms. The maximum absolute atomic E-state index is 12.1. The third-order valence-corrected chi connectivity index (χ3v) is 6.39. The smallest absolute Gasteiger partial charge is 0.241 e. The summed E-state index contributed by atoms with van der Waals surface area (Å²) in [7, 11) is 5.56. The van der Waals surface area contributed by atoms with Crippen LogP contribution in [0.4, 0.5) is 0 Å². The topological polar surface area (TPSA) is 74.5 Å². The molecule has 2 N–H and O–H groups in total. The van der Waals surface area contributed by atoms with E-state index in [1.54, 1.807) is 19.0 Å². The molecule has 1 aromatic heterocycles. The molecule has 0 radical (unpaired) electrons. The number of fused-ring (bicyclic) bond motifs is 2. The number of nitrogens with zero attached hydrogens (tertiary/aromatic N) is 4. The molecule has 2 fully saturated rings. The molecule has 0 saturated heterocycles. The standard InChI is InChI=1S/C21H36N6O.HI/c1-6-17-16(19(7-2)27(5)25-17)12-22-21(23-13-20(28)26(3)4)24-18-11-14-8-9-15(18)10-14;/h14-15,18H,6-13H2,1-5H3,(H2,22,23,24);1H. The number of halogens is 1. The van der Waals surface area contributed by atoms with E-state index in [-0.39, 0.29) is 36.4 Å². The molecule has 8 heteroatoms. The highest BCUT2D eigenvalue weighted by atomic mass is 127. The minimum Gasteiger partial charge on any atom is -0.353 e. The first-order chi connectivity index (χ1) is 13.4. The molecule has 3 atom stereocenters. The molecule has 1 heterocycles. The highest BCUT2D eigenvalue weighted by molar-refractivity contribution is 14.0. The zero-order valence-electron chi connectivity index (χ0n) is 18.5. The highest BCUT2D eigenvalue weighted by Crippen LogP contribution is 2.44. The summed E-state index contributed by atoms with van der Waals surface area (Å²) in [6, 6.07) is 0.477. The van der Waals surface area contributed by atoms with Gasteiger partial charge in [0, 0.05) is 38.4 Å². The van der Waals surface area contributed by atoms with Crippen molar-refractivity contribution in [2.75, 3.05) is 20.6 Å². The van der Waals surface area contributed by atoms with Crippen LogP contribution >= 0.6 is 24.0 Å². The van der Waals surface area contributed by atoms with Gasteiger partial charge in [0.1, 0.15) is 0 Å². The Morgan fingerprint density at radius 1 is 1.24 bits per heavy atom. The van der Waals surface area contributed by atoms with E-state index in [9.17, 15) is 4.79 Å². The van der Waals surface area contributed by atoms with E-state index in [0.717, 1.165) is 36.3 Å². The zero-order valence-corrected chi connectivity index (χ0v) is 20.8. The highest BCUT2D eigenvalue weighted by Gasteiger charge is 2.39. The van der Waals surface area contributed by atoms with Crippen molar-refractivity contribution in [3.63, 3.8) is 0 Å². The van der Waals surface area contributed by atoms with Gasteiger partial charge in [0.25, 0.3) is 0 Å². The molecule has 0 aliphatic heterocycles. The molecule has 3 rings (SSSR count). The van der Waals surface area contributed by atoms with E-state index in [2.05, 4.69) is 29.6 Å². The molecule has 2 aliphatic carbocycles. The normalized spacial score (nSPS) is 23.1. The summed E-state index contributed by atoms with van der Waals surface area (Å²) in [4.78, 5) is 18.5. The molecule has 0 aromatic carbocycles. The number of carbonyl (C=O) groups excluding carboxylic acids is 1. The SMILES string of the molecule is CCc1nn(C)c(CC)c1CN=C(NCC(=O)N(C)C)NC1CC2CCC1C2.I. The van der Waals surface area contributed by atoms with E-state index >= 15 is 0 Å². The van der Waals surface area contributed by atoms with Crippen molar-refractivity contribution in [3.8, 4) is 0 Å². The summed E-state index contributed by atoms with van der Waals surface area (Å²) in [5, 5.41) is 11.5. The predicted octanol–water partition coefficient (Wildman–Crippen LogP) is 2.47. The summed E-state index contributed by atoms with van der Waals surface area (Å²) in [5.74, 6) is 2.41. The molecule has 2 bridgehead atoms. The Balaban J connectivity index is 0.00000300. The fraction of sp³-hybridized carbons (Fsp3) is 0.762. The molecule has 7 nitrogen and oxygen atoms in total. The van der Waals surface area contributed by atoms with Crippen molar-refractivity contribution >= 4 is 35.8 Å². The maximum Gasteiger partial charge on any atom is 0.241 e. The second-order valence-corrected chi connectivity index (χ2v) is 8.43. The second-order valence-electron chi connectivity index (χ2n) is 8.43. The second kappa shape index (κ2) is 10.6. The number of hydrogen-bond donors (Lipinski definition) is 2. The van der Waals surface area contributed by atoms with Gasteiger partial charge in [-0.05, 0) is 43.9 Å². The van der Waals surface area contributed by atoms with Gasteiger partial charge in [0.05, 0.1) is 18.8 Å². The van der Waals surface area contributed by atoms with Gasteiger partial charge in [-0.2, -0.15) is 5.10 Å². The minimum absolute atomic E-state index is 0. The monoisotopic (exact) mass is 516 g/mol. The zero-order chi connectivity index (χ0) is 20.3. The average molecular weight is 516 g/mol. The lowest BCUT2D eigenvalue weighted by Gasteiger charge is -2.25. The fourth-order valence-corrected chi connectivity index (χ4v) is 4.80. The van der Waals surface area contributed by atoms with E-state index in [4.69, 9.17) is 4.99 Å². The number of hydrogen-bond acceptors (Lipinski definition) is 3. The first-order valence-corrected chi connectivity index (χ1v) is 10.7. The largest absolute Gasteiger partial charge is 0.353 e. The summed E-state index contributed by atoms with van der Waals surface area (Å²) < 4.78 is 1.98. The van der Waals surface area contributed by atoms with Gasteiger partial charge in [0.2, 0.25) is 5.91 Å². The molecular formula is C21H37IN6O. The summed E-state index contributed by atoms with van der Waals surface area (Å²) in [5.41, 5.74) is 3.58. The van der Waals surface area contributed by atoms with Crippen molar-refractivity contribution in [2.45, 2.75) is 65.0 Å². The Morgan fingerprint density at radius 3 is 2.55 bits per heavy atom. The molecule has 164 valence electrons. The van der Waals surface area contributed by atoms with Crippen LogP contribution in [0.5, 0.6) is 0 Å². The number of aromatic nitrogens is 2. The van der Waals surface area contributed by atoms with Gasteiger partial charge in [-0.3, -0.25) is 9.48 Å². The lowest BCUT2D eigenvalue weighted by Crippen LogP contribution is -2.48. The molecule has 3 unspecified atom stereocenters. The minimum atomic E-state index is 0. The van der Waals surface area contributed by atoms with Crippen molar-refractivity contribution in [1.29, 1.82) is 0 Å². The average Bonchev–Trinajstić information content (AvgIpc) is 3.37. The number of likely N-dealkylation sites (N-methyl/N-ethyl adjacent to an activating group) is 1. The Labute approximate surface area is 192 Å². The van der Waals surface area contributed by atoms with Gasteiger partial charge < -0.3 is 15.5 Å². The molecule has 2 aliphatic rings. The van der Waals surface area contributed by atoms with Crippen molar-refractivity contribution < 1.29 is 4.79 Å². The van der Waals surface area contributed by atoms with Gasteiger partial charge in [-0.15, -0.1) is 24.0 Å². The molecule has 1 amide bonds. The van der Waals surface area contributed by atoms with Crippen LogP contribution in [-0.4, -0.2) is 53.2 Å². The summed E-state index contributed by atoms with van der Waals surface area (Å²) in [6.45, 7) is 5.14. The fourth-order valence-electron chi connectivity index (χ4n) is 4.80. The van der Waals surface area contributed by atoms with Crippen LogP contribution in [0, 0.1) is 11.8 Å². The van der Waals surface area contributed by atoms with Crippen molar-refractivity contribution in [2.24, 2.45) is 23.9 Å². The van der Waals surface area contributed by atoms with E-state index in [1.165, 1.54) is 36.9 Å².